The number of hydrogen-bond acceptors (Lipinski definition) is 3. The zero-order valence-corrected chi connectivity index (χ0v) is 10.7. The Hall–Kier alpha value is -1.75. The quantitative estimate of drug-likeness (QED) is 0.801. The van der Waals surface area contributed by atoms with Crippen LogP contribution in [0.25, 0.3) is 10.9 Å². The highest BCUT2D eigenvalue weighted by Gasteiger charge is 2.10. The molecule has 2 aromatic rings. The van der Waals surface area contributed by atoms with Gasteiger partial charge in [-0.2, -0.15) is 9.78 Å². The van der Waals surface area contributed by atoms with Crippen molar-refractivity contribution in [2.45, 2.75) is 25.7 Å². The molecule has 92 valence electrons. The van der Waals surface area contributed by atoms with Crippen molar-refractivity contribution in [2.75, 3.05) is 0 Å². The summed E-state index contributed by atoms with van der Waals surface area (Å²) in [5, 5.41) is 5.01. The van der Waals surface area contributed by atoms with Crippen LogP contribution in [0.4, 0.5) is 0 Å². The fourth-order valence-electron chi connectivity index (χ4n) is 2.27. The van der Waals surface area contributed by atoms with Gasteiger partial charge in [-0.05, 0) is 50.0 Å². The lowest BCUT2D eigenvalue weighted by molar-refractivity contribution is 0.789. The second-order valence-corrected chi connectivity index (χ2v) is 4.85. The van der Waals surface area contributed by atoms with E-state index >= 15 is 0 Å². The normalized spacial score (nSPS) is 15.2. The number of fused-ring (bicyclic) bond motifs is 1. The molecule has 0 bridgehead atoms. The summed E-state index contributed by atoms with van der Waals surface area (Å²) in [6, 6.07) is 7.35. The predicted molar refractivity (Wildman–Crippen MR) is 74.7 cm³/mol. The first kappa shape index (κ1) is 11.3. The molecule has 1 aliphatic rings. The van der Waals surface area contributed by atoms with E-state index < -0.39 is 0 Å². The minimum atomic E-state index is -0.145. The third-order valence-electron chi connectivity index (χ3n) is 3.21. The molecule has 1 heterocycles. The van der Waals surface area contributed by atoms with Crippen molar-refractivity contribution in [3.63, 3.8) is 0 Å². The fraction of sp³-hybridized carbons (Fsp3) is 0.308. The van der Waals surface area contributed by atoms with Crippen LogP contribution in [0.1, 0.15) is 25.7 Å². The third-order valence-corrected chi connectivity index (χ3v) is 3.48. The van der Waals surface area contributed by atoms with Crippen LogP contribution in [0.15, 0.2) is 34.2 Å². The molecule has 1 aromatic carbocycles. The summed E-state index contributed by atoms with van der Waals surface area (Å²) in [6.07, 6.45) is 4.23. The summed E-state index contributed by atoms with van der Waals surface area (Å²) in [5.41, 5.74) is 1.68. The molecule has 4 nitrogen and oxygen atoms in total. The largest absolute Gasteiger partial charge is 0.330 e. The Kier molecular flexibility index (Phi) is 2.83. The van der Waals surface area contributed by atoms with Gasteiger partial charge in [0.15, 0.2) is 0 Å². The van der Waals surface area contributed by atoms with Crippen molar-refractivity contribution in [1.82, 2.24) is 9.66 Å². The Labute approximate surface area is 109 Å². The van der Waals surface area contributed by atoms with E-state index in [0.717, 1.165) is 36.9 Å². The molecule has 1 aliphatic carbocycles. The second-order valence-electron chi connectivity index (χ2n) is 4.47. The predicted octanol–water partition coefficient (Wildman–Crippen LogP) is 2.84. The van der Waals surface area contributed by atoms with Crippen LogP contribution < -0.4 is 5.56 Å². The Morgan fingerprint density at radius 2 is 1.94 bits per heavy atom. The van der Waals surface area contributed by atoms with Gasteiger partial charge in [0.1, 0.15) is 0 Å². The third kappa shape index (κ3) is 1.90. The van der Waals surface area contributed by atoms with E-state index in [4.69, 9.17) is 12.2 Å². The fourth-order valence-corrected chi connectivity index (χ4v) is 2.50. The number of nitrogens with one attached hydrogen (secondary N) is 1. The van der Waals surface area contributed by atoms with Crippen LogP contribution >= 0.6 is 12.2 Å². The summed E-state index contributed by atoms with van der Waals surface area (Å²) >= 11 is 5.20. The zero-order valence-electron chi connectivity index (χ0n) is 9.85. The van der Waals surface area contributed by atoms with Crippen molar-refractivity contribution in [3.05, 3.63) is 39.4 Å². The minimum absolute atomic E-state index is 0.145. The molecule has 0 amide bonds. The Bertz CT molecular complexity index is 734. The van der Waals surface area contributed by atoms with Gasteiger partial charge in [0, 0.05) is 5.71 Å². The van der Waals surface area contributed by atoms with E-state index in [1.807, 2.05) is 18.2 Å². The van der Waals surface area contributed by atoms with E-state index in [-0.39, 0.29) is 5.56 Å². The molecule has 1 saturated carbocycles. The Morgan fingerprint density at radius 1 is 1.22 bits per heavy atom. The molecule has 0 radical (unpaired) electrons. The van der Waals surface area contributed by atoms with Gasteiger partial charge in [-0.15, -0.1) is 0 Å². The molecule has 0 spiro atoms. The van der Waals surface area contributed by atoms with E-state index in [9.17, 15) is 4.79 Å². The monoisotopic (exact) mass is 259 g/mol. The van der Waals surface area contributed by atoms with Gasteiger partial charge in [-0.25, -0.2) is 0 Å². The molecule has 5 heteroatoms. The van der Waals surface area contributed by atoms with E-state index in [1.54, 1.807) is 6.07 Å². The molecular formula is C13H13N3OS. The lowest BCUT2D eigenvalue weighted by atomic mass is 10.2. The van der Waals surface area contributed by atoms with Crippen LogP contribution in [0.3, 0.4) is 0 Å². The summed E-state index contributed by atoms with van der Waals surface area (Å²) in [7, 11) is 0. The minimum Gasteiger partial charge on any atom is -0.330 e. The molecule has 0 atom stereocenters. The van der Waals surface area contributed by atoms with Crippen LogP contribution in [0, 0.1) is 4.77 Å². The molecule has 0 aliphatic heterocycles. The number of para-hydroxylation sites is 1. The molecule has 3 rings (SSSR count). The molecule has 0 saturated heterocycles. The second kappa shape index (κ2) is 4.49. The van der Waals surface area contributed by atoms with Gasteiger partial charge in [0.2, 0.25) is 4.77 Å². The van der Waals surface area contributed by atoms with Gasteiger partial charge >= 0.3 is 0 Å². The lowest BCUT2D eigenvalue weighted by Gasteiger charge is -2.03. The van der Waals surface area contributed by atoms with Crippen LogP contribution in [0.5, 0.6) is 0 Å². The molecule has 1 aromatic heterocycles. The average Bonchev–Trinajstić information content (AvgIpc) is 2.87. The summed E-state index contributed by atoms with van der Waals surface area (Å²) < 4.78 is 1.68. The molecule has 1 N–H and O–H groups in total. The van der Waals surface area contributed by atoms with E-state index in [1.165, 1.54) is 4.68 Å². The van der Waals surface area contributed by atoms with Crippen molar-refractivity contribution in [2.24, 2.45) is 5.10 Å². The first-order chi connectivity index (χ1) is 8.75. The van der Waals surface area contributed by atoms with Crippen LogP contribution in [-0.4, -0.2) is 15.4 Å². The van der Waals surface area contributed by atoms with Crippen molar-refractivity contribution < 1.29 is 0 Å². The number of rotatable bonds is 1. The number of nitrogens with zero attached hydrogens (tertiary/aromatic N) is 2. The molecular weight excluding hydrogens is 246 g/mol. The summed E-state index contributed by atoms with van der Waals surface area (Å²) in [4.78, 5) is 15.4. The standard InChI is InChI=1S/C13H13N3OS/c17-12-10-7-3-4-8-11(10)14-13(18)16(12)15-9-5-1-2-6-9/h3-4,7-8H,1-2,5-6H2,(H,14,18). The maximum atomic E-state index is 12.3. The average molecular weight is 259 g/mol. The van der Waals surface area contributed by atoms with Gasteiger partial charge in [0.25, 0.3) is 5.56 Å². The topological polar surface area (TPSA) is 50.1 Å². The van der Waals surface area contributed by atoms with Gasteiger partial charge in [-0.3, -0.25) is 4.79 Å². The first-order valence-corrected chi connectivity index (χ1v) is 6.47. The van der Waals surface area contributed by atoms with Crippen molar-refractivity contribution in [3.8, 4) is 0 Å². The summed E-state index contributed by atoms with van der Waals surface area (Å²) in [6.45, 7) is 0. The first-order valence-electron chi connectivity index (χ1n) is 6.06. The number of hydrogen-bond donors (Lipinski definition) is 1. The number of aromatic amines is 1. The van der Waals surface area contributed by atoms with Gasteiger partial charge in [0.05, 0.1) is 10.9 Å². The van der Waals surface area contributed by atoms with Crippen LogP contribution in [-0.2, 0) is 0 Å². The number of benzene rings is 1. The van der Waals surface area contributed by atoms with E-state index in [0.29, 0.717) is 10.2 Å². The Balaban J connectivity index is 2.26. The zero-order chi connectivity index (χ0) is 12.5. The maximum Gasteiger partial charge on any atom is 0.282 e. The highest BCUT2D eigenvalue weighted by Crippen LogP contribution is 2.15. The smallest absolute Gasteiger partial charge is 0.282 e. The number of H-pyrrole nitrogens is 1. The number of aromatic nitrogens is 2. The maximum absolute atomic E-state index is 12.3. The van der Waals surface area contributed by atoms with Crippen molar-refractivity contribution in [1.29, 1.82) is 0 Å². The highest BCUT2D eigenvalue weighted by atomic mass is 32.1. The van der Waals surface area contributed by atoms with Crippen molar-refractivity contribution >= 4 is 28.8 Å². The highest BCUT2D eigenvalue weighted by molar-refractivity contribution is 7.71. The molecule has 18 heavy (non-hydrogen) atoms. The van der Waals surface area contributed by atoms with E-state index in [2.05, 4.69) is 10.1 Å². The molecule has 1 fully saturated rings. The van der Waals surface area contributed by atoms with Gasteiger partial charge < -0.3 is 4.98 Å². The summed E-state index contributed by atoms with van der Waals surface area (Å²) in [5.74, 6) is 0. The lowest BCUT2D eigenvalue weighted by Crippen LogP contribution is -2.19. The molecule has 0 unspecified atom stereocenters. The van der Waals surface area contributed by atoms with Gasteiger partial charge in [-0.1, -0.05) is 12.1 Å². The Morgan fingerprint density at radius 3 is 2.72 bits per heavy atom. The van der Waals surface area contributed by atoms with Crippen LogP contribution in [0.2, 0.25) is 0 Å². The SMILES string of the molecule is O=c1c2ccccc2[nH]c(=S)n1N=C1CCCC1.